The van der Waals surface area contributed by atoms with E-state index >= 15 is 0 Å². The van der Waals surface area contributed by atoms with Gasteiger partial charge in [-0.2, -0.15) is 0 Å². The molecule has 21 heavy (non-hydrogen) atoms. The molecule has 2 aromatic carbocycles. The zero-order valence-corrected chi connectivity index (χ0v) is 12.1. The maximum absolute atomic E-state index is 10.7. The molecule has 2 unspecified atom stereocenters. The van der Waals surface area contributed by atoms with Crippen LogP contribution in [0.5, 0.6) is 0 Å². The standard InChI is InChI=1S/C16H15ClN2O2/c17-15-9-13(19(20)21)6-5-11(15)8-12-7-10-3-1-2-4-14(10)16(12)18/h1-6,9,12,16H,7-8,18H2. The van der Waals surface area contributed by atoms with Gasteiger partial charge >= 0.3 is 0 Å². The number of fused-ring (bicyclic) bond motifs is 1. The van der Waals surface area contributed by atoms with Crippen molar-refractivity contribution in [3.05, 3.63) is 74.3 Å². The maximum Gasteiger partial charge on any atom is 0.270 e. The lowest BCUT2D eigenvalue weighted by Gasteiger charge is -2.16. The van der Waals surface area contributed by atoms with Gasteiger partial charge in [-0.05, 0) is 35.4 Å². The largest absolute Gasteiger partial charge is 0.324 e. The predicted molar refractivity (Wildman–Crippen MR) is 82.4 cm³/mol. The lowest BCUT2D eigenvalue weighted by atomic mass is 9.93. The van der Waals surface area contributed by atoms with Crippen LogP contribution in [0, 0.1) is 16.0 Å². The van der Waals surface area contributed by atoms with Gasteiger partial charge in [-0.3, -0.25) is 10.1 Å². The summed E-state index contributed by atoms with van der Waals surface area (Å²) in [7, 11) is 0. The first-order valence-electron chi connectivity index (χ1n) is 6.82. The van der Waals surface area contributed by atoms with Gasteiger partial charge in [0.2, 0.25) is 0 Å². The Balaban J connectivity index is 1.81. The monoisotopic (exact) mass is 302 g/mol. The molecule has 4 nitrogen and oxygen atoms in total. The molecule has 0 bridgehead atoms. The minimum atomic E-state index is -0.438. The second kappa shape index (κ2) is 5.47. The number of non-ortho nitro benzene ring substituents is 1. The summed E-state index contributed by atoms with van der Waals surface area (Å²) in [5.41, 5.74) is 9.72. The molecule has 1 aliphatic carbocycles. The highest BCUT2D eigenvalue weighted by Crippen LogP contribution is 2.37. The molecule has 108 valence electrons. The lowest BCUT2D eigenvalue weighted by molar-refractivity contribution is -0.384. The number of hydrogen-bond donors (Lipinski definition) is 1. The summed E-state index contributed by atoms with van der Waals surface area (Å²) in [6, 6.07) is 12.8. The Bertz CT molecular complexity index is 702. The van der Waals surface area contributed by atoms with E-state index in [0.29, 0.717) is 5.02 Å². The molecule has 0 saturated carbocycles. The van der Waals surface area contributed by atoms with Crippen molar-refractivity contribution in [2.24, 2.45) is 11.7 Å². The number of rotatable bonds is 3. The van der Waals surface area contributed by atoms with E-state index in [1.54, 1.807) is 6.07 Å². The fraction of sp³-hybridized carbons (Fsp3) is 0.250. The Kier molecular flexibility index (Phi) is 3.66. The number of nitrogens with two attached hydrogens (primary N) is 1. The van der Waals surface area contributed by atoms with E-state index in [1.807, 2.05) is 12.1 Å². The third kappa shape index (κ3) is 2.64. The molecule has 0 radical (unpaired) electrons. The summed E-state index contributed by atoms with van der Waals surface area (Å²) >= 11 is 6.17. The maximum atomic E-state index is 10.7. The third-order valence-corrected chi connectivity index (χ3v) is 4.49. The normalized spacial score (nSPS) is 20.3. The van der Waals surface area contributed by atoms with E-state index in [4.69, 9.17) is 17.3 Å². The van der Waals surface area contributed by atoms with Crippen molar-refractivity contribution in [1.82, 2.24) is 0 Å². The highest BCUT2D eigenvalue weighted by atomic mass is 35.5. The van der Waals surface area contributed by atoms with Crippen LogP contribution in [0.4, 0.5) is 5.69 Å². The Morgan fingerprint density at radius 1 is 1.29 bits per heavy atom. The highest BCUT2D eigenvalue weighted by molar-refractivity contribution is 6.31. The first kappa shape index (κ1) is 14.0. The molecule has 3 rings (SSSR count). The Morgan fingerprint density at radius 2 is 2.05 bits per heavy atom. The molecule has 1 aliphatic rings. The van der Waals surface area contributed by atoms with Crippen LogP contribution < -0.4 is 5.73 Å². The van der Waals surface area contributed by atoms with Gasteiger partial charge in [-0.15, -0.1) is 0 Å². The number of hydrogen-bond acceptors (Lipinski definition) is 3. The molecule has 2 N–H and O–H groups in total. The van der Waals surface area contributed by atoms with Gasteiger partial charge in [-0.25, -0.2) is 0 Å². The molecule has 0 saturated heterocycles. The summed E-state index contributed by atoms with van der Waals surface area (Å²) in [5.74, 6) is 0.279. The number of benzene rings is 2. The van der Waals surface area contributed by atoms with Crippen molar-refractivity contribution in [2.45, 2.75) is 18.9 Å². The van der Waals surface area contributed by atoms with Crippen LogP contribution in [-0.4, -0.2) is 4.92 Å². The minimum absolute atomic E-state index is 0.00698. The van der Waals surface area contributed by atoms with Crippen molar-refractivity contribution in [1.29, 1.82) is 0 Å². The molecule has 2 atom stereocenters. The van der Waals surface area contributed by atoms with Gasteiger partial charge in [0, 0.05) is 18.2 Å². The quantitative estimate of drug-likeness (QED) is 0.695. The van der Waals surface area contributed by atoms with Gasteiger partial charge < -0.3 is 5.73 Å². The Hall–Kier alpha value is -1.91. The van der Waals surface area contributed by atoms with Crippen LogP contribution in [0.1, 0.15) is 22.7 Å². The molecule has 0 amide bonds. The van der Waals surface area contributed by atoms with Gasteiger partial charge in [0.15, 0.2) is 0 Å². The summed E-state index contributed by atoms with van der Waals surface area (Å²) < 4.78 is 0. The summed E-state index contributed by atoms with van der Waals surface area (Å²) in [5, 5.41) is 11.2. The SMILES string of the molecule is NC1c2ccccc2CC1Cc1ccc([N+](=O)[O-])cc1Cl. The first-order chi connectivity index (χ1) is 10.1. The summed E-state index contributed by atoms with van der Waals surface area (Å²) in [6.45, 7) is 0. The average Bonchev–Trinajstić information content (AvgIpc) is 2.78. The Morgan fingerprint density at radius 3 is 2.71 bits per heavy atom. The van der Waals surface area contributed by atoms with E-state index in [2.05, 4.69) is 12.1 Å². The van der Waals surface area contributed by atoms with Crippen molar-refractivity contribution >= 4 is 17.3 Å². The molecule has 0 heterocycles. The number of nitro benzene ring substituents is 1. The van der Waals surface area contributed by atoms with E-state index in [0.717, 1.165) is 18.4 Å². The molecule has 5 heteroatoms. The first-order valence-corrected chi connectivity index (χ1v) is 7.20. The average molecular weight is 303 g/mol. The smallest absolute Gasteiger partial charge is 0.270 e. The predicted octanol–water partition coefficient (Wildman–Crippen LogP) is 3.66. The van der Waals surface area contributed by atoms with Crippen molar-refractivity contribution in [2.75, 3.05) is 0 Å². The van der Waals surface area contributed by atoms with Crippen LogP contribution in [0.15, 0.2) is 42.5 Å². The van der Waals surface area contributed by atoms with Gasteiger partial charge in [0.05, 0.1) is 9.95 Å². The molecule has 2 aromatic rings. The zero-order chi connectivity index (χ0) is 15.0. The minimum Gasteiger partial charge on any atom is -0.324 e. The summed E-state index contributed by atoms with van der Waals surface area (Å²) in [4.78, 5) is 10.3. The van der Waals surface area contributed by atoms with Crippen LogP contribution in [0.3, 0.4) is 0 Å². The molecule has 0 spiro atoms. The van der Waals surface area contributed by atoms with Gasteiger partial charge in [0.1, 0.15) is 0 Å². The molecular formula is C16H15ClN2O2. The third-order valence-electron chi connectivity index (χ3n) is 4.13. The highest BCUT2D eigenvalue weighted by Gasteiger charge is 2.29. The molecule has 0 fully saturated rings. The van der Waals surface area contributed by atoms with Crippen LogP contribution in [-0.2, 0) is 12.8 Å². The zero-order valence-electron chi connectivity index (χ0n) is 11.3. The fourth-order valence-corrected chi connectivity index (χ4v) is 3.26. The number of nitro groups is 1. The second-order valence-electron chi connectivity index (χ2n) is 5.43. The fourth-order valence-electron chi connectivity index (χ4n) is 3.01. The van der Waals surface area contributed by atoms with Crippen LogP contribution in [0.2, 0.25) is 5.02 Å². The van der Waals surface area contributed by atoms with E-state index in [-0.39, 0.29) is 17.6 Å². The Labute approximate surface area is 127 Å². The van der Waals surface area contributed by atoms with Crippen LogP contribution in [0.25, 0.3) is 0 Å². The second-order valence-corrected chi connectivity index (χ2v) is 5.83. The topological polar surface area (TPSA) is 69.2 Å². The summed E-state index contributed by atoms with van der Waals surface area (Å²) in [6.07, 6.45) is 1.65. The van der Waals surface area contributed by atoms with E-state index in [9.17, 15) is 10.1 Å². The molecule has 0 aromatic heterocycles. The molecule has 0 aliphatic heterocycles. The number of nitrogens with zero attached hydrogens (tertiary/aromatic N) is 1. The van der Waals surface area contributed by atoms with E-state index < -0.39 is 4.92 Å². The van der Waals surface area contributed by atoms with Crippen molar-refractivity contribution in [3.63, 3.8) is 0 Å². The molecular weight excluding hydrogens is 288 g/mol. The number of halogens is 1. The van der Waals surface area contributed by atoms with Gasteiger partial charge in [0.25, 0.3) is 5.69 Å². The van der Waals surface area contributed by atoms with Gasteiger partial charge in [-0.1, -0.05) is 41.9 Å². The van der Waals surface area contributed by atoms with E-state index in [1.165, 1.54) is 23.3 Å². The van der Waals surface area contributed by atoms with Crippen molar-refractivity contribution < 1.29 is 4.92 Å². The van der Waals surface area contributed by atoms with Crippen LogP contribution >= 0.6 is 11.6 Å². The van der Waals surface area contributed by atoms with Crippen molar-refractivity contribution in [3.8, 4) is 0 Å². The lowest BCUT2D eigenvalue weighted by Crippen LogP contribution is -2.19.